The first-order chi connectivity index (χ1) is 8.88. The van der Waals surface area contributed by atoms with Gasteiger partial charge in [0.25, 0.3) is 0 Å². The number of rotatable bonds is 6. The summed E-state index contributed by atoms with van der Waals surface area (Å²) >= 11 is 5.94. The maximum Gasteiger partial charge on any atom is 0.119 e. The van der Waals surface area contributed by atoms with Gasteiger partial charge in [-0.15, -0.1) is 11.6 Å². The summed E-state index contributed by atoms with van der Waals surface area (Å²) < 4.78 is 5.70. The van der Waals surface area contributed by atoms with E-state index in [4.69, 9.17) is 16.3 Å². The third-order valence-electron chi connectivity index (χ3n) is 3.45. The van der Waals surface area contributed by atoms with Crippen LogP contribution in [0.5, 0.6) is 5.75 Å². The number of para-hydroxylation sites is 1. The largest absolute Gasteiger partial charge is 0.494 e. The molecule has 100 valence electrons. The second-order valence-corrected chi connectivity index (χ2v) is 5.29. The van der Waals surface area contributed by atoms with Crippen LogP contribution in [-0.2, 0) is 0 Å². The van der Waals surface area contributed by atoms with Crippen molar-refractivity contribution < 1.29 is 4.74 Å². The summed E-state index contributed by atoms with van der Waals surface area (Å²) in [5, 5.41) is 0. The number of hydrogen-bond acceptors (Lipinski definition) is 2. The summed E-state index contributed by atoms with van der Waals surface area (Å²) in [6, 6.07) is 10.0. The molecule has 0 saturated carbocycles. The highest BCUT2D eigenvalue weighted by Crippen LogP contribution is 2.17. The van der Waals surface area contributed by atoms with E-state index in [1.807, 2.05) is 30.3 Å². The minimum Gasteiger partial charge on any atom is -0.494 e. The topological polar surface area (TPSA) is 12.5 Å². The normalized spacial score (nSPS) is 20.8. The fourth-order valence-corrected chi connectivity index (χ4v) is 2.73. The van der Waals surface area contributed by atoms with Crippen molar-refractivity contribution in [3.8, 4) is 5.75 Å². The number of ether oxygens (including phenoxy) is 1. The lowest BCUT2D eigenvalue weighted by Crippen LogP contribution is -2.37. The van der Waals surface area contributed by atoms with Crippen LogP contribution >= 0.6 is 11.6 Å². The average molecular weight is 268 g/mol. The number of piperidine rings is 1. The lowest BCUT2D eigenvalue weighted by Gasteiger charge is -2.31. The molecule has 1 atom stereocenters. The molecule has 0 spiro atoms. The zero-order chi connectivity index (χ0) is 12.6. The maximum atomic E-state index is 5.94. The molecule has 0 aromatic heterocycles. The summed E-state index contributed by atoms with van der Waals surface area (Å²) in [4.78, 5) is 2.52. The SMILES string of the molecule is ClCC1CCCN(CCCOc2ccccc2)C1. The van der Waals surface area contributed by atoms with Gasteiger partial charge in [0, 0.05) is 19.0 Å². The van der Waals surface area contributed by atoms with Crippen LogP contribution in [0.4, 0.5) is 0 Å². The second kappa shape index (κ2) is 7.65. The molecule has 1 aliphatic rings. The molecule has 1 aromatic carbocycles. The number of alkyl halides is 1. The van der Waals surface area contributed by atoms with Gasteiger partial charge in [-0.25, -0.2) is 0 Å². The van der Waals surface area contributed by atoms with E-state index in [2.05, 4.69) is 4.90 Å². The van der Waals surface area contributed by atoms with E-state index >= 15 is 0 Å². The zero-order valence-electron chi connectivity index (χ0n) is 10.9. The molecule has 0 amide bonds. The molecular weight excluding hydrogens is 246 g/mol. The molecule has 0 radical (unpaired) electrons. The first-order valence-electron chi connectivity index (χ1n) is 6.84. The zero-order valence-corrected chi connectivity index (χ0v) is 11.6. The van der Waals surface area contributed by atoms with Gasteiger partial charge in [0.15, 0.2) is 0 Å². The Kier molecular flexibility index (Phi) is 5.82. The Labute approximate surface area is 115 Å². The average Bonchev–Trinajstić information content (AvgIpc) is 2.45. The molecule has 1 saturated heterocycles. The highest BCUT2D eigenvalue weighted by Gasteiger charge is 2.18. The molecule has 0 bridgehead atoms. The van der Waals surface area contributed by atoms with Crippen LogP contribution < -0.4 is 4.74 Å². The van der Waals surface area contributed by atoms with Crippen LogP contribution in [0, 0.1) is 5.92 Å². The van der Waals surface area contributed by atoms with Crippen LogP contribution in [0.2, 0.25) is 0 Å². The van der Waals surface area contributed by atoms with E-state index in [9.17, 15) is 0 Å². The third kappa shape index (κ3) is 4.51. The Hall–Kier alpha value is -0.730. The predicted molar refractivity (Wildman–Crippen MR) is 76.4 cm³/mol. The summed E-state index contributed by atoms with van der Waals surface area (Å²) in [6.07, 6.45) is 3.67. The molecule has 1 fully saturated rings. The molecule has 2 nitrogen and oxygen atoms in total. The van der Waals surface area contributed by atoms with Crippen LogP contribution in [0.25, 0.3) is 0 Å². The summed E-state index contributed by atoms with van der Waals surface area (Å²) in [6.45, 7) is 4.31. The van der Waals surface area contributed by atoms with E-state index in [1.54, 1.807) is 0 Å². The third-order valence-corrected chi connectivity index (χ3v) is 3.89. The quantitative estimate of drug-likeness (QED) is 0.579. The van der Waals surface area contributed by atoms with Crippen molar-refractivity contribution in [3.63, 3.8) is 0 Å². The van der Waals surface area contributed by atoms with Gasteiger partial charge in [0.2, 0.25) is 0 Å². The molecule has 0 N–H and O–H groups in total. The van der Waals surface area contributed by atoms with Gasteiger partial charge < -0.3 is 9.64 Å². The maximum absolute atomic E-state index is 5.94. The number of hydrogen-bond donors (Lipinski definition) is 0. The van der Waals surface area contributed by atoms with Gasteiger partial charge in [-0.3, -0.25) is 0 Å². The van der Waals surface area contributed by atoms with Crippen LogP contribution in [0.15, 0.2) is 30.3 Å². The highest BCUT2D eigenvalue weighted by molar-refractivity contribution is 6.18. The van der Waals surface area contributed by atoms with Crippen molar-refractivity contribution >= 4 is 11.6 Å². The smallest absolute Gasteiger partial charge is 0.119 e. The van der Waals surface area contributed by atoms with Crippen molar-refractivity contribution in [2.75, 3.05) is 32.1 Å². The van der Waals surface area contributed by atoms with E-state index in [0.717, 1.165) is 37.7 Å². The molecule has 1 aromatic rings. The Balaban J connectivity index is 1.60. The molecule has 0 aliphatic carbocycles. The molecule has 1 unspecified atom stereocenters. The van der Waals surface area contributed by atoms with Crippen molar-refractivity contribution in [3.05, 3.63) is 30.3 Å². The monoisotopic (exact) mass is 267 g/mol. The first-order valence-corrected chi connectivity index (χ1v) is 7.38. The van der Waals surface area contributed by atoms with E-state index in [1.165, 1.54) is 19.4 Å². The Morgan fingerprint density at radius 3 is 2.89 bits per heavy atom. The lowest BCUT2D eigenvalue weighted by molar-refractivity contribution is 0.171. The fraction of sp³-hybridized carbons (Fsp3) is 0.600. The minimum atomic E-state index is 0.690. The molecule has 3 heteroatoms. The number of likely N-dealkylation sites (tertiary alicyclic amines) is 1. The molecule has 1 aliphatic heterocycles. The predicted octanol–water partition coefficient (Wildman–Crippen LogP) is 3.41. The van der Waals surface area contributed by atoms with Crippen molar-refractivity contribution in [1.29, 1.82) is 0 Å². The van der Waals surface area contributed by atoms with Gasteiger partial charge in [0.1, 0.15) is 5.75 Å². The van der Waals surface area contributed by atoms with Crippen LogP contribution in [0.3, 0.4) is 0 Å². The summed E-state index contributed by atoms with van der Waals surface area (Å²) in [5.74, 6) is 2.46. The van der Waals surface area contributed by atoms with Gasteiger partial charge in [0.05, 0.1) is 6.61 Å². The lowest BCUT2D eigenvalue weighted by atomic mass is 10.00. The number of benzene rings is 1. The van der Waals surface area contributed by atoms with Gasteiger partial charge in [-0.2, -0.15) is 0 Å². The summed E-state index contributed by atoms with van der Waals surface area (Å²) in [7, 11) is 0. The Morgan fingerprint density at radius 2 is 2.11 bits per heavy atom. The molecular formula is C15H22ClNO. The van der Waals surface area contributed by atoms with E-state index in [0.29, 0.717) is 5.92 Å². The van der Waals surface area contributed by atoms with Crippen molar-refractivity contribution in [1.82, 2.24) is 4.90 Å². The fourth-order valence-electron chi connectivity index (χ4n) is 2.48. The van der Waals surface area contributed by atoms with E-state index < -0.39 is 0 Å². The van der Waals surface area contributed by atoms with Crippen LogP contribution in [-0.4, -0.2) is 37.0 Å². The standard InChI is InChI=1S/C15H22ClNO/c16-12-14-6-4-9-17(13-14)10-5-11-18-15-7-2-1-3-8-15/h1-3,7-8,14H,4-6,9-13H2. The molecule has 18 heavy (non-hydrogen) atoms. The summed E-state index contributed by atoms with van der Waals surface area (Å²) in [5.41, 5.74) is 0. The number of nitrogens with zero attached hydrogens (tertiary/aromatic N) is 1. The van der Waals surface area contributed by atoms with Crippen LogP contribution in [0.1, 0.15) is 19.3 Å². The van der Waals surface area contributed by atoms with Crippen molar-refractivity contribution in [2.45, 2.75) is 19.3 Å². The van der Waals surface area contributed by atoms with Gasteiger partial charge >= 0.3 is 0 Å². The highest BCUT2D eigenvalue weighted by atomic mass is 35.5. The Morgan fingerprint density at radius 1 is 1.28 bits per heavy atom. The molecule has 2 rings (SSSR count). The first kappa shape index (κ1) is 13.7. The van der Waals surface area contributed by atoms with E-state index in [-0.39, 0.29) is 0 Å². The number of halogens is 1. The molecule has 1 heterocycles. The second-order valence-electron chi connectivity index (χ2n) is 4.98. The Bertz CT molecular complexity index is 331. The van der Waals surface area contributed by atoms with Gasteiger partial charge in [-0.05, 0) is 43.9 Å². The van der Waals surface area contributed by atoms with Crippen molar-refractivity contribution in [2.24, 2.45) is 5.92 Å². The van der Waals surface area contributed by atoms with Gasteiger partial charge in [-0.1, -0.05) is 18.2 Å². The minimum absolute atomic E-state index is 0.690.